The topological polar surface area (TPSA) is 15.3 Å². The standard InChI is InChI=1S/C13H26N2/c1-2-3-4-5-9-15-10-8-13(11-15)14-12-6-7-12/h12-14H,2-11H2,1H3. The van der Waals surface area contributed by atoms with Crippen molar-refractivity contribution < 1.29 is 0 Å². The average Bonchev–Trinajstić information content (AvgIpc) is 2.93. The van der Waals surface area contributed by atoms with Crippen LogP contribution in [-0.2, 0) is 0 Å². The van der Waals surface area contributed by atoms with Gasteiger partial charge in [-0.15, -0.1) is 0 Å². The van der Waals surface area contributed by atoms with Gasteiger partial charge in [-0.25, -0.2) is 0 Å². The van der Waals surface area contributed by atoms with E-state index >= 15 is 0 Å². The van der Waals surface area contributed by atoms with Crippen molar-refractivity contribution in [3.8, 4) is 0 Å². The van der Waals surface area contributed by atoms with Crippen molar-refractivity contribution >= 4 is 0 Å². The molecule has 1 saturated heterocycles. The average molecular weight is 210 g/mol. The second-order valence-electron chi connectivity index (χ2n) is 5.29. The van der Waals surface area contributed by atoms with Crippen LogP contribution in [0.3, 0.4) is 0 Å². The van der Waals surface area contributed by atoms with Crippen molar-refractivity contribution in [1.29, 1.82) is 0 Å². The van der Waals surface area contributed by atoms with Crippen LogP contribution in [0.25, 0.3) is 0 Å². The van der Waals surface area contributed by atoms with Gasteiger partial charge in [0.15, 0.2) is 0 Å². The Balaban J connectivity index is 1.51. The van der Waals surface area contributed by atoms with Gasteiger partial charge in [-0.2, -0.15) is 0 Å². The van der Waals surface area contributed by atoms with Gasteiger partial charge >= 0.3 is 0 Å². The second kappa shape index (κ2) is 5.86. The van der Waals surface area contributed by atoms with Crippen LogP contribution in [0, 0.1) is 0 Å². The van der Waals surface area contributed by atoms with E-state index in [0.29, 0.717) is 0 Å². The summed E-state index contributed by atoms with van der Waals surface area (Å²) in [5.41, 5.74) is 0. The smallest absolute Gasteiger partial charge is 0.0209 e. The predicted octanol–water partition coefficient (Wildman–Crippen LogP) is 2.39. The predicted molar refractivity (Wildman–Crippen MR) is 65.1 cm³/mol. The molecule has 0 amide bonds. The third-order valence-electron chi connectivity index (χ3n) is 3.65. The first-order chi connectivity index (χ1) is 7.38. The molecule has 2 fully saturated rings. The fourth-order valence-corrected chi connectivity index (χ4v) is 2.52. The molecule has 0 bridgehead atoms. The molecule has 0 aromatic rings. The summed E-state index contributed by atoms with van der Waals surface area (Å²) in [6.45, 7) is 6.26. The van der Waals surface area contributed by atoms with Gasteiger partial charge in [0.2, 0.25) is 0 Å². The monoisotopic (exact) mass is 210 g/mol. The highest BCUT2D eigenvalue weighted by Crippen LogP contribution is 2.22. The van der Waals surface area contributed by atoms with E-state index in [-0.39, 0.29) is 0 Å². The van der Waals surface area contributed by atoms with Crippen LogP contribution in [-0.4, -0.2) is 36.6 Å². The Morgan fingerprint density at radius 1 is 1.07 bits per heavy atom. The Morgan fingerprint density at radius 2 is 1.93 bits per heavy atom. The van der Waals surface area contributed by atoms with Crippen LogP contribution in [0.4, 0.5) is 0 Å². The molecule has 0 aromatic carbocycles. The first-order valence-corrected chi connectivity index (χ1v) is 6.87. The summed E-state index contributed by atoms with van der Waals surface area (Å²) in [6.07, 6.45) is 9.82. The molecule has 1 heterocycles. The summed E-state index contributed by atoms with van der Waals surface area (Å²) in [6, 6.07) is 1.69. The van der Waals surface area contributed by atoms with E-state index in [0.717, 1.165) is 12.1 Å². The fraction of sp³-hybridized carbons (Fsp3) is 1.00. The molecule has 1 atom stereocenters. The normalized spacial score (nSPS) is 27.4. The lowest BCUT2D eigenvalue weighted by molar-refractivity contribution is 0.318. The zero-order valence-corrected chi connectivity index (χ0v) is 10.2. The highest BCUT2D eigenvalue weighted by molar-refractivity contribution is 4.89. The minimum absolute atomic E-state index is 0.809. The third-order valence-corrected chi connectivity index (χ3v) is 3.65. The molecule has 2 nitrogen and oxygen atoms in total. The second-order valence-corrected chi connectivity index (χ2v) is 5.29. The van der Waals surface area contributed by atoms with Crippen LogP contribution >= 0.6 is 0 Å². The van der Waals surface area contributed by atoms with Crippen molar-refractivity contribution in [1.82, 2.24) is 10.2 Å². The van der Waals surface area contributed by atoms with Crippen LogP contribution in [0.2, 0.25) is 0 Å². The third kappa shape index (κ3) is 4.12. The van der Waals surface area contributed by atoms with E-state index in [2.05, 4.69) is 17.1 Å². The van der Waals surface area contributed by atoms with Gasteiger partial charge in [0, 0.05) is 18.6 Å². The van der Waals surface area contributed by atoms with Crippen molar-refractivity contribution in [2.24, 2.45) is 0 Å². The Bertz CT molecular complexity index is 177. The number of nitrogens with one attached hydrogen (secondary N) is 1. The summed E-state index contributed by atoms with van der Waals surface area (Å²) in [7, 11) is 0. The Morgan fingerprint density at radius 3 is 2.67 bits per heavy atom. The van der Waals surface area contributed by atoms with Crippen molar-refractivity contribution in [2.75, 3.05) is 19.6 Å². The molecule has 1 saturated carbocycles. The summed E-state index contributed by atoms with van der Waals surface area (Å²) < 4.78 is 0. The maximum absolute atomic E-state index is 3.74. The first-order valence-electron chi connectivity index (χ1n) is 6.87. The van der Waals surface area contributed by atoms with Crippen molar-refractivity contribution in [3.05, 3.63) is 0 Å². The van der Waals surface area contributed by atoms with Crippen molar-refractivity contribution in [2.45, 2.75) is 64.0 Å². The summed E-state index contributed by atoms with van der Waals surface area (Å²) in [5, 5.41) is 3.74. The number of hydrogen-bond acceptors (Lipinski definition) is 2. The van der Waals surface area contributed by atoms with E-state index < -0.39 is 0 Å². The van der Waals surface area contributed by atoms with Gasteiger partial charge in [0.05, 0.1) is 0 Å². The molecule has 2 rings (SSSR count). The molecular weight excluding hydrogens is 184 g/mol. The Hall–Kier alpha value is -0.0800. The van der Waals surface area contributed by atoms with Crippen LogP contribution in [0.15, 0.2) is 0 Å². The fourth-order valence-electron chi connectivity index (χ4n) is 2.52. The molecule has 0 aromatic heterocycles. The molecule has 2 aliphatic rings. The van der Waals surface area contributed by atoms with Gasteiger partial charge in [0.25, 0.3) is 0 Å². The number of likely N-dealkylation sites (tertiary alicyclic amines) is 1. The lowest BCUT2D eigenvalue weighted by Gasteiger charge is -2.16. The van der Waals surface area contributed by atoms with Crippen LogP contribution in [0.1, 0.15) is 51.9 Å². The van der Waals surface area contributed by atoms with Gasteiger partial charge < -0.3 is 10.2 Å². The van der Waals surface area contributed by atoms with Crippen LogP contribution in [0.5, 0.6) is 0 Å². The first kappa shape index (κ1) is 11.4. The van der Waals surface area contributed by atoms with Gasteiger partial charge in [-0.1, -0.05) is 26.2 Å². The number of nitrogens with zero attached hydrogens (tertiary/aromatic N) is 1. The maximum Gasteiger partial charge on any atom is 0.0209 e. The summed E-state index contributed by atoms with van der Waals surface area (Å²) >= 11 is 0. The van der Waals surface area contributed by atoms with Gasteiger partial charge in [-0.05, 0) is 38.8 Å². The van der Waals surface area contributed by atoms with E-state index in [1.165, 1.54) is 64.6 Å². The van der Waals surface area contributed by atoms with E-state index in [1.807, 2.05) is 0 Å². The molecule has 0 radical (unpaired) electrons. The van der Waals surface area contributed by atoms with E-state index in [1.54, 1.807) is 0 Å². The zero-order valence-electron chi connectivity index (χ0n) is 10.2. The van der Waals surface area contributed by atoms with E-state index in [9.17, 15) is 0 Å². The Labute approximate surface area is 94.4 Å². The largest absolute Gasteiger partial charge is 0.310 e. The van der Waals surface area contributed by atoms with Crippen LogP contribution < -0.4 is 5.32 Å². The number of unbranched alkanes of at least 4 members (excludes halogenated alkanes) is 3. The molecule has 15 heavy (non-hydrogen) atoms. The minimum Gasteiger partial charge on any atom is -0.310 e. The highest BCUT2D eigenvalue weighted by atomic mass is 15.2. The molecule has 2 heteroatoms. The maximum atomic E-state index is 3.74. The lowest BCUT2D eigenvalue weighted by atomic mass is 10.2. The lowest BCUT2D eigenvalue weighted by Crippen LogP contribution is -2.34. The van der Waals surface area contributed by atoms with Crippen molar-refractivity contribution in [3.63, 3.8) is 0 Å². The van der Waals surface area contributed by atoms with Gasteiger partial charge in [0.1, 0.15) is 0 Å². The molecule has 1 aliphatic heterocycles. The molecule has 0 spiro atoms. The quantitative estimate of drug-likeness (QED) is 0.649. The highest BCUT2D eigenvalue weighted by Gasteiger charge is 2.28. The summed E-state index contributed by atoms with van der Waals surface area (Å²) in [4.78, 5) is 2.65. The van der Waals surface area contributed by atoms with Gasteiger partial charge in [-0.3, -0.25) is 0 Å². The SMILES string of the molecule is CCCCCCN1CCC(NC2CC2)C1. The molecule has 1 aliphatic carbocycles. The molecule has 1 unspecified atom stereocenters. The Kier molecular flexibility index (Phi) is 4.45. The summed E-state index contributed by atoms with van der Waals surface area (Å²) in [5.74, 6) is 0. The van der Waals surface area contributed by atoms with E-state index in [4.69, 9.17) is 0 Å². The number of hydrogen-bond donors (Lipinski definition) is 1. The number of rotatable bonds is 7. The zero-order chi connectivity index (χ0) is 10.5. The minimum atomic E-state index is 0.809. The molecule has 1 N–H and O–H groups in total. The molecule has 88 valence electrons. The molecular formula is C13H26N2.